The van der Waals surface area contributed by atoms with Gasteiger partial charge in [-0.2, -0.15) is 0 Å². The Morgan fingerprint density at radius 2 is 1.89 bits per heavy atom. The summed E-state index contributed by atoms with van der Waals surface area (Å²) in [6, 6.07) is 9.91. The molecule has 3 rings (SSSR count). The zero-order valence-electron chi connectivity index (χ0n) is 10.4. The van der Waals surface area contributed by atoms with E-state index in [9.17, 15) is 9.59 Å². The molecule has 1 aliphatic carbocycles. The minimum atomic E-state index is -0.453. The monoisotopic (exact) mass is 243 g/mol. The molecule has 1 saturated heterocycles. The average Bonchev–Trinajstić information content (AvgIpc) is 2.40. The SMILES string of the molecule is O=C1CC2(CCCCC2=O)N1Cc1ccccc1. The van der Waals surface area contributed by atoms with Gasteiger partial charge in [-0.05, 0) is 18.4 Å². The third-order valence-electron chi connectivity index (χ3n) is 4.21. The van der Waals surface area contributed by atoms with Gasteiger partial charge in [0.15, 0.2) is 5.78 Å². The summed E-state index contributed by atoms with van der Waals surface area (Å²) in [5, 5.41) is 0. The van der Waals surface area contributed by atoms with E-state index in [1.165, 1.54) is 0 Å². The summed E-state index contributed by atoms with van der Waals surface area (Å²) in [6.45, 7) is 0.575. The Balaban J connectivity index is 1.82. The van der Waals surface area contributed by atoms with Crippen molar-refractivity contribution in [2.45, 2.75) is 44.2 Å². The maximum Gasteiger partial charge on any atom is 0.226 e. The molecule has 1 aromatic carbocycles. The Morgan fingerprint density at radius 1 is 1.11 bits per heavy atom. The fourth-order valence-corrected chi connectivity index (χ4v) is 3.14. The van der Waals surface area contributed by atoms with Gasteiger partial charge in [0.2, 0.25) is 5.91 Å². The third-order valence-corrected chi connectivity index (χ3v) is 4.21. The molecule has 1 aromatic rings. The third kappa shape index (κ3) is 1.65. The number of carbonyl (C=O) groups is 2. The Labute approximate surface area is 107 Å². The number of carbonyl (C=O) groups excluding carboxylic acids is 2. The lowest BCUT2D eigenvalue weighted by Crippen LogP contribution is -2.68. The number of β-lactam (4-membered cyclic amide) rings is 1. The number of likely N-dealkylation sites (tertiary alicyclic amines) is 1. The highest BCUT2D eigenvalue weighted by Crippen LogP contribution is 2.42. The number of nitrogens with zero attached hydrogens (tertiary/aromatic N) is 1. The molecule has 1 amide bonds. The Morgan fingerprint density at radius 3 is 2.56 bits per heavy atom. The maximum absolute atomic E-state index is 12.2. The van der Waals surface area contributed by atoms with Gasteiger partial charge >= 0.3 is 0 Å². The van der Waals surface area contributed by atoms with Gasteiger partial charge in [-0.3, -0.25) is 9.59 Å². The molecule has 1 aliphatic heterocycles. The van der Waals surface area contributed by atoms with Crippen LogP contribution in [-0.4, -0.2) is 22.1 Å². The van der Waals surface area contributed by atoms with Crippen molar-refractivity contribution in [2.75, 3.05) is 0 Å². The first-order valence-electron chi connectivity index (χ1n) is 6.60. The van der Waals surface area contributed by atoms with E-state index in [-0.39, 0.29) is 11.7 Å². The van der Waals surface area contributed by atoms with Crippen LogP contribution in [0.4, 0.5) is 0 Å². The normalized spacial score (nSPS) is 27.4. The van der Waals surface area contributed by atoms with Crippen molar-refractivity contribution in [2.24, 2.45) is 0 Å². The van der Waals surface area contributed by atoms with Gasteiger partial charge in [-0.15, -0.1) is 0 Å². The highest BCUT2D eigenvalue weighted by atomic mass is 16.2. The summed E-state index contributed by atoms with van der Waals surface area (Å²) >= 11 is 0. The number of benzene rings is 1. The van der Waals surface area contributed by atoms with Crippen LogP contribution in [0.2, 0.25) is 0 Å². The van der Waals surface area contributed by atoms with E-state index >= 15 is 0 Å². The van der Waals surface area contributed by atoms with Gasteiger partial charge < -0.3 is 4.90 Å². The van der Waals surface area contributed by atoms with E-state index in [4.69, 9.17) is 0 Å². The number of rotatable bonds is 2. The first kappa shape index (κ1) is 11.5. The Bertz CT molecular complexity index is 483. The van der Waals surface area contributed by atoms with Gasteiger partial charge in [-0.25, -0.2) is 0 Å². The molecular weight excluding hydrogens is 226 g/mol. The van der Waals surface area contributed by atoms with Crippen LogP contribution in [0.1, 0.15) is 37.7 Å². The first-order valence-corrected chi connectivity index (χ1v) is 6.60. The number of amides is 1. The summed E-state index contributed by atoms with van der Waals surface area (Å²) < 4.78 is 0. The van der Waals surface area contributed by atoms with Gasteiger partial charge in [0.05, 0.1) is 6.42 Å². The minimum absolute atomic E-state index is 0.120. The van der Waals surface area contributed by atoms with Crippen molar-refractivity contribution in [3.63, 3.8) is 0 Å². The lowest BCUT2D eigenvalue weighted by Gasteiger charge is -2.52. The van der Waals surface area contributed by atoms with E-state index in [0.29, 0.717) is 19.4 Å². The molecule has 0 radical (unpaired) electrons. The second-order valence-corrected chi connectivity index (χ2v) is 5.30. The molecule has 3 heteroatoms. The van der Waals surface area contributed by atoms with E-state index in [1.54, 1.807) is 4.90 Å². The molecule has 0 bridgehead atoms. The van der Waals surface area contributed by atoms with Gasteiger partial charge in [-0.1, -0.05) is 36.8 Å². The van der Waals surface area contributed by atoms with Gasteiger partial charge in [0.1, 0.15) is 5.54 Å². The van der Waals surface area contributed by atoms with Crippen molar-refractivity contribution < 1.29 is 9.59 Å². The van der Waals surface area contributed by atoms with Crippen LogP contribution in [0.15, 0.2) is 30.3 Å². The first-order chi connectivity index (χ1) is 8.72. The molecule has 1 spiro atoms. The van der Waals surface area contributed by atoms with Crippen LogP contribution >= 0.6 is 0 Å². The molecule has 94 valence electrons. The molecular formula is C15H17NO2. The lowest BCUT2D eigenvalue weighted by molar-refractivity contribution is -0.169. The summed E-state index contributed by atoms with van der Waals surface area (Å²) in [4.78, 5) is 25.8. The summed E-state index contributed by atoms with van der Waals surface area (Å²) in [5.74, 6) is 0.387. The molecule has 1 unspecified atom stereocenters. The van der Waals surface area contributed by atoms with E-state index in [1.807, 2.05) is 30.3 Å². The van der Waals surface area contributed by atoms with Crippen LogP contribution in [-0.2, 0) is 16.1 Å². The van der Waals surface area contributed by atoms with Crippen molar-refractivity contribution in [3.05, 3.63) is 35.9 Å². The average molecular weight is 243 g/mol. The molecule has 0 aromatic heterocycles. The molecule has 2 fully saturated rings. The van der Waals surface area contributed by atoms with Crippen LogP contribution in [0.25, 0.3) is 0 Å². The lowest BCUT2D eigenvalue weighted by atomic mass is 9.71. The number of Topliss-reactive ketones (excluding diaryl/α,β-unsaturated/α-hetero) is 1. The van der Waals surface area contributed by atoms with Crippen molar-refractivity contribution in [1.82, 2.24) is 4.90 Å². The van der Waals surface area contributed by atoms with Crippen molar-refractivity contribution >= 4 is 11.7 Å². The standard InChI is InChI=1S/C15H17NO2/c17-13-8-4-5-9-15(13)10-14(18)16(15)11-12-6-2-1-3-7-12/h1-3,6-7H,4-5,8-11H2. The van der Waals surface area contributed by atoms with Crippen LogP contribution in [0.3, 0.4) is 0 Å². The number of hydrogen-bond donors (Lipinski definition) is 0. The zero-order valence-corrected chi connectivity index (χ0v) is 10.4. The Hall–Kier alpha value is -1.64. The van der Waals surface area contributed by atoms with Crippen LogP contribution in [0.5, 0.6) is 0 Å². The summed E-state index contributed by atoms with van der Waals surface area (Å²) in [5.41, 5.74) is 0.647. The molecule has 2 aliphatic rings. The fraction of sp³-hybridized carbons (Fsp3) is 0.467. The second kappa shape index (κ2) is 4.23. The number of hydrogen-bond acceptors (Lipinski definition) is 2. The fourth-order valence-electron chi connectivity index (χ4n) is 3.14. The van der Waals surface area contributed by atoms with Crippen molar-refractivity contribution in [1.29, 1.82) is 0 Å². The Kier molecular flexibility index (Phi) is 2.69. The topological polar surface area (TPSA) is 37.4 Å². The minimum Gasteiger partial charge on any atom is -0.325 e. The summed E-state index contributed by atoms with van der Waals surface area (Å²) in [7, 11) is 0. The smallest absolute Gasteiger partial charge is 0.226 e. The maximum atomic E-state index is 12.2. The predicted molar refractivity (Wildman–Crippen MR) is 67.8 cm³/mol. The van der Waals surface area contributed by atoms with Crippen molar-refractivity contribution in [3.8, 4) is 0 Å². The van der Waals surface area contributed by atoms with Gasteiger partial charge in [0, 0.05) is 13.0 Å². The van der Waals surface area contributed by atoms with Crippen LogP contribution < -0.4 is 0 Å². The van der Waals surface area contributed by atoms with Crippen LogP contribution in [0, 0.1) is 0 Å². The number of ketones is 1. The van der Waals surface area contributed by atoms with E-state index in [2.05, 4.69) is 0 Å². The summed E-state index contributed by atoms with van der Waals surface area (Å²) in [6.07, 6.45) is 3.96. The van der Waals surface area contributed by atoms with E-state index < -0.39 is 5.54 Å². The highest BCUT2D eigenvalue weighted by molar-refractivity contribution is 6.02. The highest BCUT2D eigenvalue weighted by Gasteiger charge is 2.55. The largest absolute Gasteiger partial charge is 0.325 e. The van der Waals surface area contributed by atoms with E-state index in [0.717, 1.165) is 24.8 Å². The molecule has 1 saturated carbocycles. The second-order valence-electron chi connectivity index (χ2n) is 5.30. The molecule has 3 nitrogen and oxygen atoms in total. The molecule has 1 atom stereocenters. The molecule has 18 heavy (non-hydrogen) atoms. The quantitative estimate of drug-likeness (QED) is 0.747. The van der Waals surface area contributed by atoms with Gasteiger partial charge in [0.25, 0.3) is 0 Å². The molecule has 0 N–H and O–H groups in total. The zero-order chi connectivity index (χ0) is 12.6. The molecule has 1 heterocycles. The predicted octanol–water partition coefficient (Wildman–Crippen LogP) is 2.30.